The molecule has 0 radical (unpaired) electrons. The Bertz CT molecular complexity index is 411. The summed E-state index contributed by atoms with van der Waals surface area (Å²) in [6, 6.07) is 0.657. The van der Waals surface area contributed by atoms with E-state index >= 15 is 0 Å². The summed E-state index contributed by atoms with van der Waals surface area (Å²) in [5.74, 6) is 6.37. The van der Waals surface area contributed by atoms with E-state index in [9.17, 15) is 0 Å². The fourth-order valence-electron chi connectivity index (χ4n) is 5.22. The van der Waals surface area contributed by atoms with Gasteiger partial charge in [0, 0.05) is 24.9 Å². The summed E-state index contributed by atoms with van der Waals surface area (Å²) < 4.78 is 0. The Kier molecular flexibility index (Phi) is 2.91. The first-order valence-electron chi connectivity index (χ1n) is 8.10. The molecule has 5 unspecified atom stereocenters. The van der Waals surface area contributed by atoms with Crippen LogP contribution in [-0.2, 0) is 6.42 Å². The molecular weight excluding hydrogens is 234 g/mol. The molecule has 3 aliphatic carbocycles. The van der Waals surface area contributed by atoms with Crippen LogP contribution in [0.25, 0.3) is 0 Å². The van der Waals surface area contributed by atoms with Crippen molar-refractivity contribution in [2.75, 3.05) is 6.54 Å². The van der Waals surface area contributed by atoms with E-state index in [2.05, 4.69) is 22.2 Å². The van der Waals surface area contributed by atoms with Gasteiger partial charge in [0.05, 0.1) is 0 Å². The van der Waals surface area contributed by atoms with E-state index in [0.29, 0.717) is 6.04 Å². The van der Waals surface area contributed by atoms with Crippen molar-refractivity contribution in [2.45, 2.75) is 45.1 Å². The number of imidazole rings is 1. The van der Waals surface area contributed by atoms with Crippen LogP contribution in [0, 0.1) is 29.6 Å². The van der Waals surface area contributed by atoms with Gasteiger partial charge in [-0.15, -0.1) is 0 Å². The van der Waals surface area contributed by atoms with Gasteiger partial charge in [-0.1, -0.05) is 6.92 Å². The average Bonchev–Trinajstić information content (AvgIpc) is 2.83. The summed E-state index contributed by atoms with van der Waals surface area (Å²) >= 11 is 0. The summed E-state index contributed by atoms with van der Waals surface area (Å²) in [7, 11) is 0. The third-order valence-electron chi connectivity index (χ3n) is 5.88. The van der Waals surface area contributed by atoms with Gasteiger partial charge in [-0.2, -0.15) is 0 Å². The fourth-order valence-corrected chi connectivity index (χ4v) is 5.22. The van der Waals surface area contributed by atoms with E-state index in [4.69, 9.17) is 0 Å². The first-order valence-corrected chi connectivity index (χ1v) is 8.10. The Morgan fingerprint density at radius 2 is 2.16 bits per heavy atom. The quantitative estimate of drug-likeness (QED) is 0.824. The molecule has 1 heterocycles. The van der Waals surface area contributed by atoms with Crippen LogP contribution in [0.2, 0.25) is 0 Å². The molecule has 0 amide bonds. The van der Waals surface area contributed by atoms with Gasteiger partial charge in [0.25, 0.3) is 0 Å². The first-order chi connectivity index (χ1) is 9.38. The molecule has 1 aromatic rings. The molecule has 3 heteroatoms. The Hall–Kier alpha value is -0.830. The molecular formula is C16H25N3. The second-order valence-corrected chi connectivity index (χ2v) is 6.87. The Labute approximate surface area is 115 Å². The Balaban J connectivity index is 1.45. The summed E-state index contributed by atoms with van der Waals surface area (Å²) in [5, 5.41) is 3.81. The lowest BCUT2D eigenvalue weighted by Gasteiger charge is -2.21. The molecule has 3 fully saturated rings. The molecule has 0 spiro atoms. The lowest BCUT2D eigenvalue weighted by Crippen LogP contribution is -2.36. The van der Waals surface area contributed by atoms with Crippen LogP contribution in [0.5, 0.6) is 0 Å². The number of nitrogens with zero attached hydrogens (tertiary/aromatic N) is 1. The van der Waals surface area contributed by atoms with E-state index in [0.717, 1.165) is 48.4 Å². The number of aromatic amines is 1. The van der Waals surface area contributed by atoms with Crippen molar-refractivity contribution in [1.29, 1.82) is 0 Å². The summed E-state index contributed by atoms with van der Waals surface area (Å²) in [4.78, 5) is 7.71. The fraction of sp³-hybridized carbons (Fsp3) is 0.812. The standard InChI is InChI=1S/C16H25N3/c1-2-5-17-12(9-13-18-6-7-19-13)16-14-10-3-4-11(8-10)15(14)16/h6-7,10-12,14-17H,2-5,8-9H2,1H3,(H,18,19). The highest BCUT2D eigenvalue weighted by molar-refractivity contribution is 5.16. The van der Waals surface area contributed by atoms with Gasteiger partial charge in [0.2, 0.25) is 0 Å². The summed E-state index contributed by atoms with van der Waals surface area (Å²) in [6.07, 6.45) is 10.7. The van der Waals surface area contributed by atoms with Crippen LogP contribution >= 0.6 is 0 Å². The maximum atomic E-state index is 4.43. The Morgan fingerprint density at radius 3 is 2.79 bits per heavy atom. The van der Waals surface area contributed by atoms with Crippen LogP contribution in [0.15, 0.2) is 12.4 Å². The van der Waals surface area contributed by atoms with Gasteiger partial charge in [-0.05, 0) is 61.8 Å². The molecule has 0 aliphatic heterocycles. The largest absolute Gasteiger partial charge is 0.349 e. The lowest BCUT2D eigenvalue weighted by molar-refractivity contribution is 0.358. The smallest absolute Gasteiger partial charge is 0.107 e. The number of hydrogen-bond donors (Lipinski definition) is 2. The van der Waals surface area contributed by atoms with Gasteiger partial charge < -0.3 is 10.3 Å². The van der Waals surface area contributed by atoms with Crippen LogP contribution in [0.4, 0.5) is 0 Å². The Morgan fingerprint density at radius 1 is 1.37 bits per heavy atom. The van der Waals surface area contributed by atoms with Crippen LogP contribution in [0.1, 0.15) is 38.4 Å². The topological polar surface area (TPSA) is 40.7 Å². The van der Waals surface area contributed by atoms with Gasteiger partial charge in [0.15, 0.2) is 0 Å². The van der Waals surface area contributed by atoms with E-state index in [-0.39, 0.29) is 0 Å². The van der Waals surface area contributed by atoms with Crippen molar-refractivity contribution < 1.29 is 0 Å². The zero-order chi connectivity index (χ0) is 12.8. The third-order valence-corrected chi connectivity index (χ3v) is 5.88. The summed E-state index contributed by atoms with van der Waals surface area (Å²) in [6.45, 7) is 3.41. The first kappa shape index (κ1) is 12.0. The molecule has 3 nitrogen and oxygen atoms in total. The van der Waals surface area contributed by atoms with Gasteiger partial charge >= 0.3 is 0 Å². The third kappa shape index (κ3) is 1.94. The van der Waals surface area contributed by atoms with E-state index in [1.165, 1.54) is 19.3 Å². The molecule has 0 aromatic carbocycles. The normalized spacial score (nSPS) is 40.4. The van der Waals surface area contributed by atoms with Crippen LogP contribution in [0.3, 0.4) is 0 Å². The number of hydrogen-bond acceptors (Lipinski definition) is 2. The van der Waals surface area contributed by atoms with Crippen molar-refractivity contribution in [3.05, 3.63) is 18.2 Å². The zero-order valence-electron chi connectivity index (χ0n) is 11.8. The minimum Gasteiger partial charge on any atom is -0.349 e. The van der Waals surface area contributed by atoms with Crippen molar-refractivity contribution in [3.63, 3.8) is 0 Å². The summed E-state index contributed by atoms with van der Waals surface area (Å²) in [5.41, 5.74) is 0. The highest BCUT2D eigenvalue weighted by atomic mass is 15.0. The average molecular weight is 259 g/mol. The molecule has 2 N–H and O–H groups in total. The second-order valence-electron chi connectivity index (χ2n) is 6.87. The number of rotatable bonds is 6. The molecule has 0 saturated heterocycles. The van der Waals surface area contributed by atoms with Gasteiger partial charge in [-0.3, -0.25) is 0 Å². The minimum absolute atomic E-state index is 0.657. The predicted molar refractivity (Wildman–Crippen MR) is 75.7 cm³/mol. The monoisotopic (exact) mass is 259 g/mol. The van der Waals surface area contributed by atoms with Gasteiger partial charge in [0.1, 0.15) is 5.82 Å². The number of nitrogens with one attached hydrogen (secondary N) is 2. The molecule has 3 aliphatic rings. The molecule has 104 valence electrons. The molecule has 19 heavy (non-hydrogen) atoms. The highest BCUT2D eigenvalue weighted by Crippen LogP contribution is 2.70. The minimum atomic E-state index is 0.657. The molecule has 2 bridgehead atoms. The lowest BCUT2D eigenvalue weighted by atomic mass is 9.95. The molecule has 5 atom stereocenters. The van der Waals surface area contributed by atoms with Crippen molar-refractivity contribution in [2.24, 2.45) is 29.6 Å². The maximum absolute atomic E-state index is 4.43. The molecule has 1 aromatic heterocycles. The molecule has 3 saturated carbocycles. The second kappa shape index (κ2) is 4.62. The van der Waals surface area contributed by atoms with Crippen molar-refractivity contribution in [1.82, 2.24) is 15.3 Å². The van der Waals surface area contributed by atoms with Crippen LogP contribution in [-0.4, -0.2) is 22.6 Å². The van der Waals surface area contributed by atoms with E-state index < -0.39 is 0 Å². The van der Waals surface area contributed by atoms with Crippen molar-refractivity contribution in [3.8, 4) is 0 Å². The highest BCUT2D eigenvalue weighted by Gasteiger charge is 2.66. The van der Waals surface area contributed by atoms with Gasteiger partial charge in [-0.25, -0.2) is 4.98 Å². The van der Waals surface area contributed by atoms with Crippen LogP contribution < -0.4 is 5.32 Å². The van der Waals surface area contributed by atoms with E-state index in [1.807, 2.05) is 12.4 Å². The maximum Gasteiger partial charge on any atom is 0.107 e. The molecule has 4 rings (SSSR count). The zero-order valence-corrected chi connectivity index (χ0v) is 11.8. The predicted octanol–water partition coefficient (Wildman–Crippen LogP) is 2.61. The van der Waals surface area contributed by atoms with E-state index in [1.54, 1.807) is 6.42 Å². The number of fused-ring (bicyclic) bond motifs is 5. The number of H-pyrrole nitrogens is 1. The number of aromatic nitrogens is 2. The van der Waals surface area contributed by atoms with Crippen molar-refractivity contribution >= 4 is 0 Å². The SMILES string of the molecule is CCCNC(Cc1ncc[nH]1)C1C2C3CCC(C3)C21.